The fraction of sp³-hybridized carbons (Fsp3) is 0.0400. The van der Waals surface area contributed by atoms with Gasteiger partial charge >= 0.3 is 0 Å². The summed E-state index contributed by atoms with van der Waals surface area (Å²) in [4.78, 5) is 21.2. The smallest absolute Gasteiger partial charge is 0.267 e. The number of hydrogen-bond donors (Lipinski definition) is 0. The molecule has 1 amide bonds. The van der Waals surface area contributed by atoms with Crippen LogP contribution in [0.4, 0.5) is 5.69 Å². The average Bonchev–Trinajstić information content (AvgIpc) is 3.53. The summed E-state index contributed by atoms with van der Waals surface area (Å²) in [5.74, 6) is 1.14. The molecule has 5 nitrogen and oxygen atoms in total. The second-order valence-corrected chi connectivity index (χ2v) is 9.92. The Hall–Kier alpha value is -2.94. The van der Waals surface area contributed by atoms with Crippen molar-refractivity contribution in [2.75, 3.05) is 0 Å². The van der Waals surface area contributed by atoms with Crippen LogP contribution in [0.1, 0.15) is 11.5 Å². The van der Waals surface area contributed by atoms with Crippen LogP contribution >= 0.6 is 39.5 Å². The van der Waals surface area contributed by atoms with Gasteiger partial charge in [0, 0.05) is 11.0 Å². The van der Waals surface area contributed by atoms with E-state index in [4.69, 9.17) is 13.8 Å². The summed E-state index contributed by atoms with van der Waals surface area (Å²) >= 11 is 6.40. The lowest BCUT2D eigenvalue weighted by Gasteiger charge is -2.13. The molecule has 0 N–H and O–H groups in total. The molecular weight excluding hydrogens is 520 g/mol. The quantitative estimate of drug-likeness (QED) is 0.237. The van der Waals surface area contributed by atoms with E-state index in [0.717, 1.165) is 20.1 Å². The highest BCUT2D eigenvalue weighted by Crippen LogP contribution is 2.39. The van der Waals surface area contributed by atoms with Gasteiger partial charge in [0.2, 0.25) is 0 Å². The van der Waals surface area contributed by atoms with Crippen molar-refractivity contribution in [2.45, 2.75) is 16.5 Å². The zero-order chi connectivity index (χ0) is 22.6. The molecule has 5 rings (SSSR count). The summed E-state index contributed by atoms with van der Waals surface area (Å²) in [6.07, 6.45) is 3.36. The van der Waals surface area contributed by atoms with Gasteiger partial charge in [-0.3, -0.25) is 9.69 Å². The Balaban J connectivity index is 1.44. The van der Waals surface area contributed by atoms with E-state index in [9.17, 15) is 4.79 Å². The van der Waals surface area contributed by atoms with Crippen molar-refractivity contribution in [3.8, 4) is 0 Å². The van der Waals surface area contributed by atoms with Crippen molar-refractivity contribution in [2.24, 2.45) is 4.99 Å². The minimum Gasteiger partial charge on any atom is -0.467 e. The van der Waals surface area contributed by atoms with Crippen LogP contribution in [0.15, 0.2) is 118 Å². The van der Waals surface area contributed by atoms with E-state index in [2.05, 4.69) is 15.9 Å². The van der Waals surface area contributed by atoms with Gasteiger partial charge in [-0.15, -0.1) is 0 Å². The minimum atomic E-state index is -0.143. The predicted octanol–water partition coefficient (Wildman–Crippen LogP) is 7.59. The molecule has 33 heavy (non-hydrogen) atoms. The van der Waals surface area contributed by atoms with E-state index in [1.165, 1.54) is 23.5 Å². The molecule has 8 heteroatoms. The molecule has 0 bridgehead atoms. The van der Waals surface area contributed by atoms with E-state index in [-0.39, 0.29) is 5.91 Å². The number of benzene rings is 2. The first-order chi connectivity index (χ1) is 16.2. The highest BCUT2D eigenvalue weighted by molar-refractivity contribution is 9.10. The SMILES string of the molecule is O=C1/C(=C/c2cc(Br)c(Sc3ccccc3)o2)SC(=Nc2ccccc2)N1Cc1ccco1. The second kappa shape index (κ2) is 9.91. The number of rotatable bonds is 6. The highest BCUT2D eigenvalue weighted by Gasteiger charge is 2.34. The molecule has 3 heterocycles. The van der Waals surface area contributed by atoms with Crippen LogP contribution in [0.5, 0.6) is 0 Å². The van der Waals surface area contributed by atoms with Crippen molar-refractivity contribution >= 4 is 62.3 Å². The molecule has 1 fully saturated rings. The van der Waals surface area contributed by atoms with Gasteiger partial charge in [0.15, 0.2) is 10.3 Å². The first-order valence-corrected chi connectivity index (χ1v) is 12.5. The Morgan fingerprint density at radius 1 is 1.03 bits per heavy atom. The molecule has 0 unspecified atom stereocenters. The molecule has 0 spiro atoms. The molecule has 0 atom stereocenters. The lowest BCUT2D eigenvalue weighted by Crippen LogP contribution is -2.28. The number of furan rings is 2. The lowest BCUT2D eigenvalue weighted by molar-refractivity contribution is -0.122. The third-order valence-electron chi connectivity index (χ3n) is 4.66. The maximum Gasteiger partial charge on any atom is 0.267 e. The average molecular weight is 537 g/mol. The first-order valence-electron chi connectivity index (χ1n) is 10.1. The Morgan fingerprint density at radius 3 is 2.52 bits per heavy atom. The van der Waals surface area contributed by atoms with Gasteiger partial charge in [0.1, 0.15) is 11.5 Å². The van der Waals surface area contributed by atoms with Crippen LogP contribution in [0.25, 0.3) is 6.08 Å². The molecule has 0 saturated carbocycles. The summed E-state index contributed by atoms with van der Waals surface area (Å²) in [6, 6.07) is 25.1. The van der Waals surface area contributed by atoms with Crippen molar-refractivity contribution < 1.29 is 13.6 Å². The minimum absolute atomic E-state index is 0.143. The van der Waals surface area contributed by atoms with Gasteiger partial charge in [-0.25, -0.2) is 4.99 Å². The molecule has 0 radical (unpaired) electrons. The fourth-order valence-corrected chi connectivity index (χ4v) is 5.47. The van der Waals surface area contributed by atoms with Gasteiger partial charge < -0.3 is 8.83 Å². The molecule has 4 aromatic rings. The van der Waals surface area contributed by atoms with Gasteiger partial charge in [-0.2, -0.15) is 0 Å². The highest BCUT2D eigenvalue weighted by atomic mass is 79.9. The Kier molecular flexibility index (Phi) is 6.57. The van der Waals surface area contributed by atoms with Crippen molar-refractivity contribution in [3.05, 3.63) is 106 Å². The molecule has 1 aliphatic rings. The van der Waals surface area contributed by atoms with Crippen LogP contribution in [0.2, 0.25) is 0 Å². The van der Waals surface area contributed by atoms with E-state index < -0.39 is 0 Å². The summed E-state index contributed by atoms with van der Waals surface area (Å²) in [7, 11) is 0. The van der Waals surface area contributed by atoms with Gasteiger partial charge in [-0.05, 0) is 70.2 Å². The van der Waals surface area contributed by atoms with E-state index in [1.807, 2.05) is 72.8 Å². The van der Waals surface area contributed by atoms with Gasteiger partial charge in [-0.1, -0.05) is 48.2 Å². The lowest BCUT2D eigenvalue weighted by atomic mass is 10.3. The number of hydrogen-bond acceptors (Lipinski definition) is 6. The standard InChI is InChI=1S/C25H17BrN2O3S2/c26-21-14-19(31-24(21)32-20-11-5-2-6-12-20)15-22-23(29)28(16-18-10-7-13-30-18)25(33-22)27-17-8-3-1-4-9-17/h1-15H,16H2/b22-15-,27-25?. The number of para-hydroxylation sites is 1. The van der Waals surface area contributed by atoms with Crippen molar-refractivity contribution in [1.82, 2.24) is 4.90 Å². The Bertz CT molecular complexity index is 1320. The predicted molar refractivity (Wildman–Crippen MR) is 135 cm³/mol. The number of amides is 1. The van der Waals surface area contributed by atoms with Gasteiger partial charge in [0.05, 0.1) is 27.9 Å². The maximum absolute atomic E-state index is 13.3. The number of carbonyl (C=O) groups excluding carboxylic acids is 1. The second-order valence-electron chi connectivity index (χ2n) is 7.01. The molecular formula is C25H17BrN2O3S2. The monoisotopic (exact) mass is 536 g/mol. The summed E-state index contributed by atoms with van der Waals surface area (Å²) < 4.78 is 12.3. The summed E-state index contributed by atoms with van der Waals surface area (Å²) in [6.45, 7) is 0.304. The number of amidine groups is 1. The summed E-state index contributed by atoms with van der Waals surface area (Å²) in [5.41, 5.74) is 0.779. The first kappa shape index (κ1) is 21.9. The fourth-order valence-electron chi connectivity index (χ4n) is 3.14. The van der Waals surface area contributed by atoms with E-state index in [0.29, 0.717) is 28.1 Å². The van der Waals surface area contributed by atoms with Gasteiger partial charge in [0.25, 0.3) is 5.91 Å². The number of halogens is 1. The maximum atomic E-state index is 13.3. The normalized spacial score (nSPS) is 16.3. The van der Waals surface area contributed by atoms with Crippen molar-refractivity contribution in [3.63, 3.8) is 0 Å². The van der Waals surface area contributed by atoms with Crippen LogP contribution in [-0.4, -0.2) is 16.0 Å². The van der Waals surface area contributed by atoms with E-state index in [1.54, 1.807) is 23.3 Å². The largest absolute Gasteiger partial charge is 0.467 e. The molecule has 1 saturated heterocycles. The van der Waals surface area contributed by atoms with Crippen LogP contribution in [-0.2, 0) is 11.3 Å². The molecule has 1 aliphatic heterocycles. The number of carbonyl (C=O) groups is 1. The topological polar surface area (TPSA) is 59.0 Å². The third-order valence-corrected chi connectivity index (χ3v) is 7.52. The number of aliphatic imine (C=N–C) groups is 1. The Morgan fingerprint density at radius 2 is 1.79 bits per heavy atom. The van der Waals surface area contributed by atoms with Crippen LogP contribution < -0.4 is 0 Å². The Labute approximate surface area is 207 Å². The third kappa shape index (κ3) is 5.19. The zero-order valence-corrected chi connectivity index (χ0v) is 20.4. The van der Waals surface area contributed by atoms with E-state index >= 15 is 0 Å². The zero-order valence-electron chi connectivity index (χ0n) is 17.2. The number of thioether (sulfide) groups is 1. The number of nitrogens with zero attached hydrogens (tertiary/aromatic N) is 2. The summed E-state index contributed by atoms with van der Waals surface area (Å²) in [5, 5.41) is 1.33. The van der Waals surface area contributed by atoms with Crippen LogP contribution in [0.3, 0.4) is 0 Å². The molecule has 164 valence electrons. The van der Waals surface area contributed by atoms with Crippen molar-refractivity contribution in [1.29, 1.82) is 0 Å². The molecule has 2 aromatic heterocycles. The molecule has 0 aliphatic carbocycles. The molecule has 2 aromatic carbocycles. The van der Waals surface area contributed by atoms with Crippen LogP contribution in [0, 0.1) is 0 Å².